The normalized spacial score (nSPS) is 20.3. The van der Waals surface area contributed by atoms with Gasteiger partial charge in [0.15, 0.2) is 0 Å². The van der Waals surface area contributed by atoms with Gasteiger partial charge in [-0.1, -0.05) is 39.3 Å². The first-order valence-electron chi connectivity index (χ1n) is 11.5. The van der Waals surface area contributed by atoms with Crippen LogP contribution in [-0.4, -0.2) is 30.3 Å². The summed E-state index contributed by atoms with van der Waals surface area (Å²) < 4.78 is 34.8. The number of nitrogens with one attached hydrogen (secondary N) is 1. The number of anilines is 1. The second kappa shape index (κ2) is 12.2. The summed E-state index contributed by atoms with van der Waals surface area (Å²) in [6.07, 6.45) is 3.06. The lowest BCUT2D eigenvalue weighted by Crippen LogP contribution is -2.36. The molecule has 1 N–H and O–H groups in total. The van der Waals surface area contributed by atoms with Crippen molar-refractivity contribution in [1.29, 1.82) is 0 Å². The maximum absolute atomic E-state index is 12.8. The van der Waals surface area contributed by atoms with Gasteiger partial charge in [0.2, 0.25) is 0 Å². The molecule has 184 valence electrons. The van der Waals surface area contributed by atoms with Crippen molar-refractivity contribution >= 4 is 29.3 Å². The molecular weight excluding hydrogens is 460 g/mol. The molecule has 2 aromatic carbocycles. The molecule has 0 heterocycles. The number of esters is 1. The SMILES string of the molecule is CC(C)[C@@H]1CC[C@H](C)C[C@@H]1OC(=O)CSc1ccccc1C(=O)Nc1ccc(OC(F)F)cc1. The third-order valence-electron chi connectivity index (χ3n) is 6.06. The van der Waals surface area contributed by atoms with Crippen molar-refractivity contribution in [2.24, 2.45) is 17.8 Å². The van der Waals surface area contributed by atoms with Gasteiger partial charge in [-0.3, -0.25) is 9.59 Å². The van der Waals surface area contributed by atoms with Gasteiger partial charge in [-0.05, 0) is 67.0 Å². The van der Waals surface area contributed by atoms with Crippen molar-refractivity contribution in [2.45, 2.75) is 57.6 Å². The van der Waals surface area contributed by atoms with E-state index in [1.807, 2.05) is 0 Å². The maximum Gasteiger partial charge on any atom is 0.387 e. The van der Waals surface area contributed by atoms with Crippen molar-refractivity contribution in [1.82, 2.24) is 0 Å². The van der Waals surface area contributed by atoms with Gasteiger partial charge in [-0.2, -0.15) is 8.78 Å². The van der Waals surface area contributed by atoms with Crippen LogP contribution in [0.25, 0.3) is 0 Å². The van der Waals surface area contributed by atoms with E-state index >= 15 is 0 Å². The molecule has 1 saturated carbocycles. The lowest BCUT2D eigenvalue weighted by Gasteiger charge is -2.36. The van der Waals surface area contributed by atoms with Crippen LogP contribution in [0.15, 0.2) is 53.4 Å². The molecule has 0 aliphatic heterocycles. The van der Waals surface area contributed by atoms with Crippen LogP contribution in [0.1, 0.15) is 50.4 Å². The smallest absolute Gasteiger partial charge is 0.387 e. The second-order valence-electron chi connectivity index (χ2n) is 9.00. The van der Waals surface area contributed by atoms with E-state index in [4.69, 9.17) is 4.74 Å². The quantitative estimate of drug-likeness (QED) is 0.315. The molecule has 1 amide bonds. The Balaban J connectivity index is 1.59. The van der Waals surface area contributed by atoms with Crippen molar-refractivity contribution in [3.05, 3.63) is 54.1 Å². The number of amides is 1. The molecule has 34 heavy (non-hydrogen) atoms. The Kier molecular flexibility index (Phi) is 9.33. The largest absolute Gasteiger partial charge is 0.461 e. The van der Waals surface area contributed by atoms with Crippen LogP contribution in [0.2, 0.25) is 0 Å². The minimum Gasteiger partial charge on any atom is -0.461 e. The van der Waals surface area contributed by atoms with Gasteiger partial charge in [0.25, 0.3) is 5.91 Å². The summed E-state index contributed by atoms with van der Waals surface area (Å²) in [5, 5.41) is 2.74. The molecule has 0 bridgehead atoms. The van der Waals surface area contributed by atoms with E-state index in [2.05, 4.69) is 30.8 Å². The zero-order chi connectivity index (χ0) is 24.7. The fourth-order valence-corrected chi connectivity index (χ4v) is 5.12. The van der Waals surface area contributed by atoms with Gasteiger partial charge in [0, 0.05) is 10.6 Å². The fourth-order valence-electron chi connectivity index (χ4n) is 4.29. The van der Waals surface area contributed by atoms with E-state index in [1.54, 1.807) is 24.3 Å². The minimum atomic E-state index is -2.91. The van der Waals surface area contributed by atoms with Crippen molar-refractivity contribution in [3.63, 3.8) is 0 Å². The summed E-state index contributed by atoms with van der Waals surface area (Å²) >= 11 is 1.26. The van der Waals surface area contributed by atoms with Gasteiger partial charge in [-0.25, -0.2) is 0 Å². The van der Waals surface area contributed by atoms with Crippen LogP contribution in [0.3, 0.4) is 0 Å². The van der Waals surface area contributed by atoms with Gasteiger partial charge in [-0.15, -0.1) is 11.8 Å². The molecule has 1 aliphatic carbocycles. The number of carbonyl (C=O) groups is 2. The van der Waals surface area contributed by atoms with Crippen LogP contribution in [0.4, 0.5) is 14.5 Å². The van der Waals surface area contributed by atoms with Crippen molar-refractivity contribution in [2.75, 3.05) is 11.1 Å². The third kappa shape index (κ3) is 7.45. The fraction of sp³-hybridized carbons (Fsp3) is 0.462. The van der Waals surface area contributed by atoms with Gasteiger partial charge in [0.1, 0.15) is 11.9 Å². The van der Waals surface area contributed by atoms with E-state index in [0.29, 0.717) is 33.9 Å². The van der Waals surface area contributed by atoms with Gasteiger partial charge < -0.3 is 14.8 Å². The highest BCUT2D eigenvalue weighted by molar-refractivity contribution is 8.00. The summed E-state index contributed by atoms with van der Waals surface area (Å²) in [6, 6.07) is 12.7. The zero-order valence-electron chi connectivity index (χ0n) is 19.6. The molecular formula is C26H31F2NO4S. The molecule has 3 rings (SSSR count). The Morgan fingerprint density at radius 2 is 1.79 bits per heavy atom. The predicted molar refractivity (Wildman–Crippen MR) is 129 cm³/mol. The Bertz CT molecular complexity index is 968. The molecule has 0 spiro atoms. The van der Waals surface area contributed by atoms with E-state index in [9.17, 15) is 18.4 Å². The van der Waals surface area contributed by atoms with E-state index in [-0.39, 0.29) is 29.5 Å². The molecule has 5 nitrogen and oxygen atoms in total. The molecule has 0 saturated heterocycles. The summed E-state index contributed by atoms with van der Waals surface area (Å²) in [6.45, 7) is 3.63. The topological polar surface area (TPSA) is 64.6 Å². The van der Waals surface area contributed by atoms with Crippen molar-refractivity contribution < 1.29 is 27.8 Å². The number of halogens is 2. The average molecular weight is 492 g/mol. The third-order valence-corrected chi connectivity index (χ3v) is 7.11. The molecule has 0 aromatic heterocycles. The highest BCUT2D eigenvalue weighted by atomic mass is 32.2. The molecule has 1 fully saturated rings. The molecule has 1 aliphatic rings. The summed E-state index contributed by atoms with van der Waals surface area (Å²) in [5.74, 6) is 0.855. The molecule has 3 atom stereocenters. The van der Waals surface area contributed by atoms with Crippen LogP contribution < -0.4 is 10.1 Å². The van der Waals surface area contributed by atoms with Gasteiger partial charge >= 0.3 is 12.6 Å². The molecule has 0 unspecified atom stereocenters. The van der Waals surface area contributed by atoms with Crippen molar-refractivity contribution in [3.8, 4) is 5.75 Å². The molecule has 2 aromatic rings. The number of ether oxygens (including phenoxy) is 2. The number of hydrogen-bond donors (Lipinski definition) is 1. The number of rotatable bonds is 9. The lowest BCUT2D eigenvalue weighted by atomic mass is 9.75. The highest BCUT2D eigenvalue weighted by Gasteiger charge is 2.33. The first-order chi connectivity index (χ1) is 16.2. The monoisotopic (exact) mass is 491 g/mol. The standard InChI is InChI=1S/C26H31F2NO4S/c1-16(2)20-13-8-17(3)14-22(20)33-24(30)15-34-23-7-5-4-6-21(23)25(31)29-18-9-11-19(12-10-18)32-26(27)28/h4-7,9-12,16-17,20,22,26H,8,13-15H2,1-3H3,(H,29,31)/t17-,20-,22-/m0/s1. The molecule has 0 radical (unpaired) electrons. The van der Waals surface area contributed by atoms with E-state index in [1.165, 1.54) is 36.0 Å². The van der Waals surface area contributed by atoms with E-state index in [0.717, 1.165) is 19.3 Å². The first-order valence-corrected chi connectivity index (χ1v) is 12.5. The van der Waals surface area contributed by atoms with Crippen LogP contribution in [-0.2, 0) is 9.53 Å². The first kappa shape index (κ1) is 26.0. The average Bonchev–Trinajstić information content (AvgIpc) is 2.78. The number of thioether (sulfide) groups is 1. The Hall–Kier alpha value is -2.61. The van der Waals surface area contributed by atoms with Crippen LogP contribution in [0, 0.1) is 17.8 Å². The highest BCUT2D eigenvalue weighted by Crippen LogP contribution is 2.35. The summed E-state index contributed by atoms with van der Waals surface area (Å²) in [7, 11) is 0. The Morgan fingerprint density at radius 1 is 1.09 bits per heavy atom. The zero-order valence-corrected chi connectivity index (χ0v) is 20.4. The van der Waals surface area contributed by atoms with E-state index < -0.39 is 6.61 Å². The number of carbonyl (C=O) groups excluding carboxylic acids is 2. The maximum atomic E-state index is 12.8. The van der Waals surface area contributed by atoms with Gasteiger partial charge in [0.05, 0.1) is 11.3 Å². The Morgan fingerprint density at radius 3 is 2.47 bits per heavy atom. The number of benzene rings is 2. The number of alkyl halides is 2. The van der Waals surface area contributed by atoms with Crippen LogP contribution >= 0.6 is 11.8 Å². The second-order valence-corrected chi connectivity index (χ2v) is 10.0. The summed E-state index contributed by atoms with van der Waals surface area (Å²) in [5.41, 5.74) is 0.858. The summed E-state index contributed by atoms with van der Waals surface area (Å²) in [4.78, 5) is 26.1. The molecule has 8 heteroatoms. The number of hydrogen-bond acceptors (Lipinski definition) is 5. The Labute approximate surface area is 203 Å². The lowest BCUT2D eigenvalue weighted by molar-refractivity contribution is -0.152. The van der Waals surface area contributed by atoms with Crippen LogP contribution in [0.5, 0.6) is 5.75 Å². The predicted octanol–water partition coefficient (Wildman–Crippen LogP) is 6.64. The minimum absolute atomic E-state index is 0.00883.